The number of alkyl halides is 6. The number of aliphatic hydroxyl groups excluding tert-OH is 1. The van der Waals surface area contributed by atoms with Crippen LogP contribution in [0.2, 0.25) is 0 Å². The molecule has 16 nitrogen and oxygen atoms in total. The van der Waals surface area contributed by atoms with E-state index in [9.17, 15) is 55.9 Å². The van der Waals surface area contributed by atoms with Gasteiger partial charge in [0.15, 0.2) is 11.5 Å². The number of aromatic nitrogens is 1. The summed E-state index contributed by atoms with van der Waals surface area (Å²) in [6.45, 7) is 7.54. The second kappa shape index (κ2) is 26.6. The molecule has 400 valence electrons. The van der Waals surface area contributed by atoms with Crippen LogP contribution in [0.4, 0.5) is 26.3 Å². The fourth-order valence-corrected chi connectivity index (χ4v) is 8.37. The van der Waals surface area contributed by atoms with Crippen LogP contribution in [-0.4, -0.2) is 117 Å². The first kappa shape index (κ1) is 58.3. The summed E-state index contributed by atoms with van der Waals surface area (Å²) in [6, 6.07) is 12.9. The maximum Gasteiger partial charge on any atom is 0.416 e. The fraction of sp³-hybridized carbons (Fsp3) is 0.451. The Kier molecular flexibility index (Phi) is 20.9. The van der Waals surface area contributed by atoms with E-state index in [-0.39, 0.29) is 95.3 Å². The van der Waals surface area contributed by atoms with Crippen LogP contribution in [0.25, 0.3) is 16.5 Å². The highest BCUT2D eigenvalue weighted by Gasteiger charge is 2.44. The van der Waals surface area contributed by atoms with Crippen LogP contribution in [-0.2, 0) is 58.9 Å². The van der Waals surface area contributed by atoms with Crippen molar-refractivity contribution in [3.63, 3.8) is 0 Å². The van der Waals surface area contributed by atoms with Crippen LogP contribution in [0.1, 0.15) is 67.1 Å². The summed E-state index contributed by atoms with van der Waals surface area (Å²) in [5.41, 5.74) is 0.360. The van der Waals surface area contributed by atoms with Crippen molar-refractivity contribution in [1.29, 1.82) is 5.26 Å². The summed E-state index contributed by atoms with van der Waals surface area (Å²) in [5, 5.41) is 28.4. The van der Waals surface area contributed by atoms with Gasteiger partial charge >= 0.3 is 12.4 Å². The summed E-state index contributed by atoms with van der Waals surface area (Å²) in [7, 11) is 1.24. The number of likely N-dealkylation sites (tertiary alicyclic amines) is 1. The van der Waals surface area contributed by atoms with Crippen molar-refractivity contribution in [3.8, 4) is 28.0 Å². The van der Waals surface area contributed by atoms with Crippen molar-refractivity contribution < 1.29 is 74.3 Å². The van der Waals surface area contributed by atoms with Gasteiger partial charge in [0.25, 0.3) is 5.91 Å². The maximum absolute atomic E-state index is 13.9. The van der Waals surface area contributed by atoms with Crippen LogP contribution < -0.4 is 25.4 Å². The van der Waals surface area contributed by atoms with Gasteiger partial charge in [-0.05, 0) is 59.4 Å². The number of halogens is 6. The number of aliphatic hydroxyl groups is 1. The summed E-state index contributed by atoms with van der Waals surface area (Å²) in [4.78, 5) is 59.7. The molecule has 0 aliphatic carbocycles. The minimum atomic E-state index is -5.08. The van der Waals surface area contributed by atoms with Crippen molar-refractivity contribution in [2.75, 3.05) is 59.8 Å². The second-order valence-electron chi connectivity index (χ2n) is 18.0. The van der Waals surface area contributed by atoms with E-state index < -0.39 is 82.9 Å². The zero-order valence-corrected chi connectivity index (χ0v) is 42.1. The van der Waals surface area contributed by atoms with E-state index in [2.05, 4.69) is 20.9 Å². The molecule has 0 radical (unpaired) electrons. The molecular weight excluding hydrogens is 1000 g/mol. The Morgan fingerprint density at radius 2 is 1.57 bits per heavy atom. The number of carbonyl (C=O) groups is 4. The molecular formula is C51H58F6N6O10S. The molecule has 3 unspecified atom stereocenters. The molecule has 1 aliphatic rings. The summed E-state index contributed by atoms with van der Waals surface area (Å²) in [6.07, 6.45) is -9.74. The van der Waals surface area contributed by atoms with E-state index in [4.69, 9.17) is 23.7 Å². The number of hydrogen-bond donors (Lipinski definition) is 4. The first-order valence-corrected chi connectivity index (χ1v) is 24.1. The molecule has 4 N–H and O–H groups in total. The molecule has 2 heterocycles. The number of ether oxygens (including phenoxy) is 5. The summed E-state index contributed by atoms with van der Waals surface area (Å²) in [5.74, 6) is -2.09. The molecule has 0 bridgehead atoms. The Labute approximate surface area is 428 Å². The van der Waals surface area contributed by atoms with E-state index in [0.29, 0.717) is 17.7 Å². The number of carbonyl (C=O) groups excluding carboxylic acids is 4. The lowest BCUT2D eigenvalue weighted by Gasteiger charge is -2.35. The molecule has 74 heavy (non-hydrogen) atoms. The van der Waals surface area contributed by atoms with Crippen LogP contribution in [0, 0.1) is 23.7 Å². The van der Waals surface area contributed by atoms with Gasteiger partial charge < -0.3 is 49.6 Å². The highest BCUT2D eigenvalue weighted by molar-refractivity contribution is 7.13. The van der Waals surface area contributed by atoms with E-state index in [1.807, 2.05) is 31.2 Å². The first-order valence-electron chi connectivity index (χ1n) is 23.3. The van der Waals surface area contributed by atoms with Crippen molar-refractivity contribution in [2.45, 2.75) is 84.2 Å². The maximum atomic E-state index is 13.9. The van der Waals surface area contributed by atoms with Crippen LogP contribution in [0.15, 0.2) is 71.7 Å². The molecule has 4 amide bonds. The van der Waals surface area contributed by atoms with Gasteiger partial charge in [-0.3, -0.25) is 19.2 Å². The second-order valence-corrected chi connectivity index (χ2v) is 18.9. The van der Waals surface area contributed by atoms with Gasteiger partial charge in [0.05, 0.1) is 80.1 Å². The molecule has 4 aromatic rings. The van der Waals surface area contributed by atoms with Gasteiger partial charge in [0.2, 0.25) is 17.7 Å². The van der Waals surface area contributed by atoms with E-state index in [1.54, 1.807) is 43.7 Å². The predicted octanol–water partition coefficient (Wildman–Crippen LogP) is 7.02. The molecule has 0 spiro atoms. The Bertz CT molecular complexity index is 2630. The number of aryl methyl sites for hydroxylation is 1. The molecule has 3 atom stereocenters. The number of β-amino-alcohol motifs (C(OH)–C–C–N with tert-alkyl or cyclic N) is 1. The number of benzene rings is 3. The fourth-order valence-electron chi connectivity index (χ4n) is 7.56. The standard InChI is InChI=1S/C51H58F6N6O10S/c1-31-44(74-30-61-31)34-9-6-32(7-10-34)27-60-47(67)40-25-38(64)28-63(40)48(68)45(49(2,3)4)62-43(65)14-16-70-18-20-72-21-19-71-17-15-59-46(66)36(26-58)22-33-8-13-41(42(23-33)69-5)73-29-35-11-12-37(50(52,53)54)24-39(35)51(55,56)57/h6-13,22-24,30,38,40,45,64H,14-21,25,27-29H2,1-5H3,(H,59,66)(H,60,67)(H,62,65). The Hall–Kier alpha value is -6.58. The normalized spacial score (nSPS) is 15.6. The van der Waals surface area contributed by atoms with Gasteiger partial charge in [0.1, 0.15) is 30.3 Å². The van der Waals surface area contributed by atoms with Crippen LogP contribution >= 0.6 is 11.3 Å². The topological polar surface area (TPSA) is 211 Å². The molecule has 0 saturated carbocycles. The molecule has 1 saturated heterocycles. The molecule has 3 aromatic carbocycles. The monoisotopic (exact) mass is 1060 g/mol. The molecule has 1 fully saturated rings. The number of rotatable bonds is 24. The summed E-state index contributed by atoms with van der Waals surface area (Å²) >= 11 is 1.55. The molecule has 5 rings (SSSR count). The first-order chi connectivity index (χ1) is 35.0. The van der Waals surface area contributed by atoms with E-state index in [0.717, 1.165) is 21.7 Å². The van der Waals surface area contributed by atoms with Crippen LogP contribution in [0.5, 0.6) is 11.5 Å². The Morgan fingerprint density at radius 3 is 2.18 bits per heavy atom. The number of hydrogen-bond acceptors (Lipinski definition) is 13. The number of nitrogens with zero attached hydrogens (tertiary/aromatic N) is 3. The zero-order valence-electron chi connectivity index (χ0n) is 41.3. The predicted molar refractivity (Wildman–Crippen MR) is 259 cm³/mol. The van der Waals surface area contributed by atoms with Gasteiger partial charge in [0, 0.05) is 38.0 Å². The average Bonchev–Trinajstić information content (AvgIpc) is 3.97. The smallest absolute Gasteiger partial charge is 0.416 e. The Balaban J connectivity index is 0.961. The van der Waals surface area contributed by atoms with Gasteiger partial charge in [-0.2, -0.15) is 31.6 Å². The number of nitriles is 1. The number of nitrogens with one attached hydrogen (secondary N) is 3. The quantitative estimate of drug-likeness (QED) is 0.0242. The largest absolute Gasteiger partial charge is 0.493 e. The van der Waals surface area contributed by atoms with Crippen molar-refractivity contribution in [3.05, 3.63) is 105 Å². The lowest BCUT2D eigenvalue weighted by atomic mass is 9.85. The lowest BCUT2D eigenvalue weighted by molar-refractivity contribution is -0.144. The summed E-state index contributed by atoms with van der Waals surface area (Å²) < 4.78 is 107. The van der Waals surface area contributed by atoms with Crippen LogP contribution in [0.3, 0.4) is 0 Å². The third-order valence-corrected chi connectivity index (χ3v) is 12.4. The zero-order chi connectivity index (χ0) is 54.2. The molecule has 1 aromatic heterocycles. The minimum Gasteiger partial charge on any atom is -0.493 e. The van der Waals surface area contributed by atoms with Crippen molar-refractivity contribution >= 4 is 41.0 Å². The third-order valence-electron chi connectivity index (χ3n) is 11.5. The molecule has 23 heteroatoms. The SMILES string of the molecule is COc1cc(C=C(C#N)C(=O)NCCOCCOCCOCCC(=O)NC(C(=O)N2CC(O)CC2C(=O)NCc2ccc(-c3scnc3C)cc2)C(C)(C)C)ccc1OCc1ccc(C(F)(F)F)cc1C(F)(F)F. The Morgan fingerprint density at radius 1 is 0.892 bits per heavy atom. The van der Waals surface area contributed by atoms with E-state index in [1.165, 1.54) is 36.3 Å². The number of amides is 4. The van der Waals surface area contributed by atoms with Gasteiger partial charge in [-0.25, -0.2) is 4.98 Å². The number of methoxy groups -OCH3 is 1. The van der Waals surface area contributed by atoms with E-state index >= 15 is 0 Å². The van der Waals surface area contributed by atoms with Crippen molar-refractivity contribution in [1.82, 2.24) is 25.8 Å². The highest BCUT2D eigenvalue weighted by atomic mass is 32.1. The average molecular weight is 1060 g/mol. The minimum absolute atomic E-state index is 0.0125. The number of thiazole rings is 1. The van der Waals surface area contributed by atoms with Gasteiger partial charge in [-0.1, -0.05) is 57.2 Å². The van der Waals surface area contributed by atoms with Gasteiger partial charge in [-0.15, -0.1) is 11.3 Å². The van der Waals surface area contributed by atoms with Crippen molar-refractivity contribution in [2.24, 2.45) is 5.41 Å². The lowest BCUT2D eigenvalue weighted by Crippen LogP contribution is -2.57. The highest BCUT2D eigenvalue weighted by Crippen LogP contribution is 2.39. The molecule has 1 aliphatic heterocycles. The third kappa shape index (κ3) is 17.0.